The van der Waals surface area contributed by atoms with Gasteiger partial charge in [0, 0.05) is 18.7 Å². The molecule has 1 fully saturated rings. The molecule has 1 atom stereocenters. The van der Waals surface area contributed by atoms with Crippen LogP contribution in [0.2, 0.25) is 0 Å². The summed E-state index contributed by atoms with van der Waals surface area (Å²) in [7, 11) is 0. The van der Waals surface area contributed by atoms with Gasteiger partial charge in [-0.1, -0.05) is 41.7 Å². The molecule has 1 aliphatic heterocycles. The first-order valence-corrected chi connectivity index (χ1v) is 7.63. The Morgan fingerprint density at radius 1 is 1.43 bits per heavy atom. The van der Waals surface area contributed by atoms with Gasteiger partial charge in [0.25, 0.3) is 0 Å². The first-order chi connectivity index (χ1) is 10.1. The molecule has 0 saturated carbocycles. The molecular weight excluding hydrogens is 288 g/mol. The van der Waals surface area contributed by atoms with Crippen molar-refractivity contribution in [1.82, 2.24) is 4.98 Å². The molecule has 1 aromatic carbocycles. The Bertz CT molecular complexity index is 642. The summed E-state index contributed by atoms with van der Waals surface area (Å²) in [5, 5.41) is 10.2. The highest BCUT2D eigenvalue weighted by molar-refractivity contribution is 7.17. The number of hydrogen-bond acceptors (Lipinski definition) is 5. The number of thiazole rings is 1. The molecule has 0 spiro atoms. The summed E-state index contributed by atoms with van der Waals surface area (Å²) >= 11 is 1.23. The molecule has 1 aliphatic rings. The molecule has 3 rings (SSSR count). The number of morpholine rings is 1. The fourth-order valence-corrected chi connectivity index (χ4v) is 3.33. The largest absolute Gasteiger partial charge is 0.477 e. The molecule has 5 nitrogen and oxygen atoms in total. The van der Waals surface area contributed by atoms with Crippen LogP contribution in [0.5, 0.6) is 0 Å². The van der Waals surface area contributed by atoms with Gasteiger partial charge in [-0.2, -0.15) is 0 Å². The van der Waals surface area contributed by atoms with Crippen molar-refractivity contribution in [2.24, 2.45) is 0 Å². The molecule has 0 amide bonds. The molecule has 1 saturated heterocycles. The van der Waals surface area contributed by atoms with E-state index in [1.165, 1.54) is 11.3 Å². The van der Waals surface area contributed by atoms with Gasteiger partial charge >= 0.3 is 5.97 Å². The lowest BCUT2D eigenvalue weighted by Gasteiger charge is -2.30. The standard InChI is InChI=1S/C15H16N2O3S/c1-10-9-17(7-8-20-10)15-16-12(13(21-15)14(18)19)11-5-3-2-4-6-11/h2-6,10H,7-9H2,1H3,(H,18,19). The van der Waals surface area contributed by atoms with E-state index in [9.17, 15) is 9.90 Å². The normalized spacial score (nSPS) is 18.7. The lowest BCUT2D eigenvalue weighted by Crippen LogP contribution is -2.41. The monoisotopic (exact) mass is 304 g/mol. The van der Waals surface area contributed by atoms with Crippen molar-refractivity contribution < 1.29 is 14.6 Å². The summed E-state index contributed by atoms with van der Waals surface area (Å²) in [6, 6.07) is 9.44. The van der Waals surface area contributed by atoms with Crippen molar-refractivity contribution in [1.29, 1.82) is 0 Å². The number of nitrogens with zero attached hydrogens (tertiary/aromatic N) is 2. The van der Waals surface area contributed by atoms with E-state index in [-0.39, 0.29) is 11.0 Å². The number of aromatic nitrogens is 1. The summed E-state index contributed by atoms with van der Waals surface area (Å²) < 4.78 is 5.52. The fraction of sp³-hybridized carbons (Fsp3) is 0.333. The average Bonchev–Trinajstić information content (AvgIpc) is 2.93. The third-order valence-corrected chi connectivity index (χ3v) is 4.47. The van der Waals surface area contributed by atoms with E-state index in [2.05, 4.69) is 9.88 Å². The van der Waals surface area contributed by atoms with Gasteiger partial charge in [0.2, 0.25) is 0 Å². The third-order valence-electron chi connectivity index (χ3n) is 3.37. The average molecular weight is 304 g/mol. The zero-order valence-electron chi connectivity index (χ0n) is 11.7. The van der Waals surface area contributed by atoms with E-state index in [4.69, 9.17) is 4.74 Å². The van der Waals surface area contributed by atoms with Crippen LogP contribution in [0.1, 0.15) is 16.6 Å². The summed E-state index contributed by atoms with van der Waals surface area (Å²) in [5.41, 5.74) is 1.38. The van der Waals surface area contributed by atoms with Gasteiger partial charge in [-0.15, -0.1) is 0 Å². The van der Waals surface area contributed by atoms with Crippen LogP contribution in [0, 0.1) is 0 Å². The van der Waals surface area contributed by atoms with Crippen molar-refractivity contribution >= 4 is 22.4 Å². The van der Waals surface area contributed by atoms with Crippen molar-refractivity contribution in [2.45, 2.75) is 13.0 Å². The maximum atomic E-state index is 11.5. The van der Waals surface area contributed by atoms with E-state index < -0.39 is 5.97 Å². The number of anilines is 1. The highest BCUT2D eigenvalue weighted by Crippen LogP contribution is 2.33. The van der Waals surface area contributed by atoms with E-state index in [1.807, 2.05) is 37.3 Å². The van der Waals surface area contributed by atoms with Gasteiger partial charge in [-0.3, -0.25) is 0 Å². The molecular formula is C15H16N2O3S. The SMILES string of the molecule is CC1CN(c2nc(-c3ccccc3)c(C(=O)O)s2)CCO1. The van der Waals surface area contributed by atoms with Crippen LogP contribution in [0.4, 0.5) is 5.13 Å². The molecule has 0 bridgehead atoms. The minimum atomic E-state index is -0.932. The second kappa shape index (κ2) is 5.83. The van der Waals surface area contributed by atoms with E-state index >= 15 is 0 Å². The number of carboxylic acid groups (broad SMARTS) is 1. The van der Waals surface area contributed by atoms with Gasteiger partial charge in [0.1, 0.15) is 4.88 Å². The van der Waals surface area contributed by atoms with Gasteiger partial charge in [0.05, 0.1) is 18.4 Å². The van der Waals surface area contributed by atoms with Gasteiger partial charge in [0.15, 0.2) is 5.13 Å². The van der Waals surface area contributed by atoms with Crippen molar-refractivity contribution in [2.75, 3.05) is 24.6 Å². The fourth-order valence-electron chi connectivity index (χ4n) is 2.37. The van der Waals surface area contributed by atoms with Crippen LogP contribution < -0.4 is 4.90 Å². The topological polar surface area (TPSA) is 62.7 Å². The number of rotatable bonds is 3. The Hall–Kier alpha value is -1.92. The summed E-state index contributed by atoms with van der Waals surface area (Å²) in [6.07, 6.45) is 0.135. The first-order valence-electron chi connectivity index (χ1n) is 6.81. The lowest BCUT2D eigenvalue weighted by atomic mass is 10.1. The van der Waals surface area contributed by atoms with Crippen molar-refractivity contribution in [3.8, 4) is 11.3 Å². The summed E-state index contributed by atoms with van der Waals surface area (Å²) in [6.45, 7) is 4.13. The molecule has 1 unspecified atom stereocenters. The number of carboxylic acids is 1. The van der Waals surface area contributed by atoms with Crippen LogP contribution in [0.15, 0.2) is 30.3 Å². The van der Waals surface area contributed by atoms with E-state index in [0.29, 0.717) is 12.3 Å². The van der Waals surface area contributed by atoms with Crippen molar-refractivity contribution in [3.05, 3.63) is 35.2 Å². The van der Waals surface area contributed by atoms with E-state index in [1.54, 1.807) is 0 Å². The smallest absolute Gasteiger partial charge is 0.348 e. The minimum absolute atomic E-state index is 0.135. The molecule has 21 heavy (non-hydrogen) atoms. The molecule has 0 radical (unpaired) electrons. The van der Waals surface area contributed by atoms with Crippen molar-refractivity contribution in [3.63, 3.8) is 0 Å². The number of hydrogen-bond donors (Lipinski definition) is 1. The van der Waals surface area contributed by atoms with Gasteiger partial charge < -0.3 is 14.7 Å². The van der Waals surface area contributed by atoms with Crippen LogP contribution in [-0.2, 0) is 4.74 Å². The first kappa shape index (κ1) is 14.0. The maximum absolute atomic E-state index is 11.5. The zero-order valence-corrected chi connectivity index (χ0v) is 12.5. The minimum Gasteiger partial charge on any atom is -0.477 e. The maximum Gasteiger partial charge on any atom is 0.348 e. The molecule has 2 aromatic rings. The number of aromatic carboxylic acids is 1. The zero-order chi connectivity index (χ0) is 14.8. The predicted octanol–water partition coefficient (Wildman–Crippen LogP) is 2.73. The van der Waals surface area contributed by atoms with Gasteiger partial charge in [-0.25, -0.2) is 9.78 Å². The Labute approximate surface area is 126 Å². The van der Waals surface area contributed by atoms with Crippen LogP contribution >= 0.6 is 11.3 Å². The molecule has 0 aliphatic carbocycles. The Morgan fingerprint density at radius 2 is 2.19 bits per heavy atom. The van der Waals surface area contributed by atoms with E-state index in [0.717, 1.165) is 23.8 Å². The molecule has 110 valence electrons. The quantitative estimate of drug-likeness (QED) is 0.944. The molecule has 6 heteroatoms. The number of carbonyl (C=O) groups is 1. The predicted molar refractivity (Wildman–Crippen MR) is 82.1 cm³/mol. The second-order valence-electron chi connectivity index (χ2n) is 4.97. The molecule has 2 heterocycles. The second-order valence-corrected chi connectivity index (χ2v) is 5.95. The molecule has 1 aromatic heterocycles. The highest BCUT2D eigenvalue weighted by atomic mass is 32.1. The van der Waals surface area contributed by atoms with Crippen LogP contribution in [-0.4, -0.2) is 41.9 Å². The third kappa shape index (κ3) is 2.91. The Balaban J connectivity index is 1.99. The summed E-state index contributed by atoms with van der Waals surface area (Å²) in [4.78, 5) is 18.4. The van der Waals surface area contributed by atoms with Gasteiger partial charge in [-0.05, 0) is 6.92 Å². The lowest BCUT2D eigenvalue weighted by molar-refractivity contribution is 0.0532. The Kier molecular flexibility index (Phi) is 3.90. The number of benzene rings is 1. The summed E-state index contributed by atoms with van der Waals surface area (Å²) in [5.74, 6) is -0.932. The number of ether oxygens (including phenoxy) is 1. The highest BCUT2D eigenvalue weighted by Gasteiger charge is 2.24. The van der Waals surface area contributed by atoms with Crippen LogP contribution in [0.3, 0.4) is 0 Å². The van der Waals surface area contributed by atoms with Crippen LogP contribution in [0.25, 0.3) is 11.3 Å². The Morgan fingerprint density at radius 3 is 2.86 bits per heavy atom. The molecule has 1 N–H and O–H groups in total.